The largest absolute Gasteiger partial charge is 0.411 e. The predicted molar refractivity (Wildman–Crippen MR) is 62.3 cm³/mol. The molecule has 0 spiro atoms. The molecule has 0 atom stereocenters. The van der Waals surface area contributed by atoms with Crippen molar-refractivity contribution in [3.05, 3.63) is 0 Å². The van der Waals surface area contributed by atoms with Crippen molar-refractivity contribution in [1.29, 1.82) is 0 Å². The fourth-order valence-corrected chi connectivity index (χ4v) is 1.77. The second kappa shape index (κ2) is 7.86. The number of rotatable bonds is 8. The Hall–Kier alpha value is -1.23. The van der Waals surface area contributed by atoms with Crippen LogP contribution in [0.15, 0.2) is 0 Å². The number of urea groups is 1. The van der Waals surface area contributed by atoms with E-state index in [0.29, 0.717) is 0 Å². The van der Waals surface area contributed by atoms with Gasteiger partial charge in [0, 0.05) is 26.2 Å². The van der Waals surface area contributed by atoms with Gasteiger partial charge in [0.15, 0.2) is 0 Å². The van der Waals surface area contributed by atoms with Gasteiger partial charge in [-0.15, -0.1) is 0 Å². The summed E-state index contributed by atoms with van der Waals surface area (Å²) in [6, 6.07) is -0.453. The third kappa shape index (κ3) is 7.69. The van der Waals surface area contributed by atoms with E-state index in [0.717, 1.165) is 0 Å². The molecule has 1 fully saturated rings. The average molecular weight is 338 g/mol. The van der Waals surface area contributed by atoms with E-state index in [2.05, 4.69) is 9.47 Å². The Morgan fingerprint density at radius 1 is 0.818 bits per heavy atom. The lowest BCUT2D eigenvalue weighted by Crippen LogP contribution is -2.36. The Morgan fingerprint density at radius 3 is 1.50 bits per heavy atom. The third-order valence-corrected chi connectivity index (χ3v) is 2.72. The van der Waals surface area contributed by atoms with Crippen molar-refractivity contribution in [2.75, 3.05) is 52.6 Å². The summed E-state index contributed by atoms with van der Waals surface area (Å²) < 4.78 is 79.8. The molecule has 22 heavy (non-hydrogen) atoms. The molecular weight excluding hydrogens is 322 g/mol. The molecular formula is C11H16F6N2O3. The zero-order valence-corrected chi connectivity index (χ0v) is 11.5. The van der Waals surface area contributed by atoms with Crippen molar-refractivity contribution in [3.63, 3.8) is 0 Å². The molecule has 130 valence electrons. The van der Waals surface area contributed by atoms with Crippen LogP contribution in [0.2, 0.25) is 0 Å². The highest BCUT2D eigenvalue weighted by molar-refractivity contribution is 5.76. The van der Waals surface area contributed by atoms with E-state index >= 15 is 0 Å². The first-order chi connectivity index (χ1) is 10.1. The van der Waals surface area contributed by atoms with Gasteiger partial charge in [0.1, 0.15) is 13.2 Å². The number of carbonyl (C=O) groups excluding carboxylic acids is 1. The minimum atomic E-state index is -4.42. The quantitative estimate of drug-likeness (QED) is 0.501. The van der Waals surface area contributed by atoms with Gasteiger partial charge in [-0.2, -0.15) is 26.3 Å². The smallest absolute Gasteiger partial charge is 0.370 e. The Labute approximate surface area is 122 Å². The average Bonchev–Trinajstić information content (AvgIpc) is 2.70. The van der Waals surface area contributed by atoms with Crippen LogP contribution in [-0.2, 0) is 9.47 Å². The van der Waals surface area contributed by atoms with Crippen molar-refractivity contribution in [1.82, 2.24) is 9.80 Å². The van der Waals surface area contributed by atoms with Gasteiger partial charge in [-0.1, -0.05) is 0 Å². The van der Waals surface area contributed by atoms with Crippen LogP contribution in [0.4, 0.5) is 31.1 Å². The molecule has 0 aromatic heterocycles. The van der Waals surface area contributed by atoms with Crippen LogP contribution < -0.4 is 0 Å². The second-order valence-electron chi connectivity index (χ2n) is 4.59. The third-order valence-electron chi connectivity index (χ3n) is 2.72. The van der Waals surface area contributed by atoms with Gasteiger partial charge in [-0.05, 0) is 0 Å². The molecule has 0 bridgehead atoms. The number of hydrogen-bond donors (Lipinski definition) is 0. The van der Waals surface area contributed by atoms with Gasteiger partial charge in [-0.3, -0.25) is 0 Å². The molecule has 1 aliphatic heterocycles. The van der Waals surface area contributed by atoms with Gasteiger partial charge in [0.25, 0.3) is 0 Å². The number of amides is 2. The Morgan fingerprint density at radius 2 is 1.18 bits per heavy atom. The number of carbonyl (C=O) groups is 1. The fraction of sp³-hybridized carbons (Fsp3) is 0.909. The van der Waals surface area contributed by atoms with E-state index in [1.807, 2.05) is 0 Å². The van der Waals surface area contributed by atoms with Gasteiger partial charge >= 0.3 is 18.4 Å². The van der Waals surface area contributed by atoms with Crippen LogP contribution in [0.25, 0.3) is 0 Å². The van der Waals surface area contributed by atoms with E-state index in [4.69, 9.17) is 0 Å². The molecule has 0 aromatic carbocycles. The monoisotopic (exact) mass is 338 g/mol. The van der Waals surface area contributed by atoms with Crippen LogP contribution in [0, 0.1) is 0 Å². The summed E-state index contributed by atoms with van der Waals surface area (Å²) >= 11 is 0. The first kappa shape index (κ1) is 18.8. The molecule has 11 heteroatoms. The predicted octanol–water partition coefficient (Wildman–Crippen LogP) is 1.88. The number of nitrogens with zero attached hydrogens (tertiary/aromatic N) is 2. The Balaban J connectivity index is 2.17. The van der Waals surface area contributed by atoms with E-state index in [1.54, 1.807) is 0 Å². The maximum atomic E-state index is 11.8. The lowest BCUT2D eigenvalue weighted by atomic mass is 10.5. The number of hydrogen-bond acceptors (Lipinski definition) is 3. The highest BCUT2D eigenvalue weighted by Gasteiger charge is 2.31. The first-order valence-corrected chi connectivity index (χ1v) is 6.41. The zero-order valence-electron chi connectivity index (χ0n) is 11.5. The van der Waals surface area contributed by atoms with Crippen LogP contribution in [0.5, 0.6) is 0 Å². The topological polar surface area (TPSA) is 42.0 Å². The molecule has 1 heterocycles. The second-order valence-corrected chi connectivity index (χ2v) is 4.59. The molecule has 1 aliphatic rings. The Bertz CT molecular complexity index is 329. The SMILES string of the molecule is O=C1N(CCOCC(F)(F)F)CCN1CCOCC(F)(F)F. The summed E-state index contributed by atoms with van der Waals surface area (Å²) in [5.74, 6) is 0. The summed E-state index contributed by atoms with van der Waals surface area (Å²) in [7, 11) is 0. The molecule has 0 N–H and O–H groups in total. The summed E-state index contributed by atoms with van der Waals surface area (Å²) in [4.78, 5) is 14.3. The normalized spacial score (nSPS) is 16.7. The lowest BCUT2D eigenvalue weighted by molar-refractivity contribution is -0.174. The Kier molecular flexibility index (Phi) is 6.72. The molecule has 0 saturated carbocycles. The van der Waals surface area contributed by atoms with Crippen LogP contribution >= 0.6 is 0 Å². The van der Waals surface area contributed by atoms with Crippen molar-refractivity contribution in [2.45, 2.75) is 12.4 Å². The fourth-order valence-electron chi connectivity index (χ4n) is 1.77. The number of ether oxygens (including phenoxy) is 2. The molecule has 0 unspecified atom stereocenters. The molecule has 1 saturated heterocycles. The number of alkyl halides is 6. The van der Waals surface area contributed by atoms with Crippen LogP contribution in [-0.4, -0.2) is 80.8 Å². The summed E-state index contributed by atoms with van der Waals surface area (Å²) in [6.07, 6.45) is -8.84. The van der Waals surface area contributed by atoms with Gasteiger partial charge < -0.3 is 19.3 Å². The highest BCUT2D eigenvalue weighted by atomic mass is 19.4. The molecule has 0 radical (unpaired) electrons. The molecule has 5 nitrogen and oxygen atoms in total. The maximum absolute atomic E-state index is 11.8. The first-order valence-electron chi connectivity index (χ1n) is 6.41. The molecule has 0 aromatic rings. The van der Waals surface area contributed by atoms with Crippen molar-refractivity contribution in [2.24, 2.45) is 0 Å². The van der Waals surface area contributed by atoms with E-state index in [9.17, 15) is 31.1 Å². The van der Waals surface area contributed by atoms with Crippen molar-refractivity contribution < 1.29 is 40.6 Å². The minimum absolute atomic E-state index is 0.00514. The zero-order chi connectivity index (χ0) is 16.8. The molecule has 1 rings (SSSR count). The van der Waals surface area contributed by atoms with E-state index in [1.165, 1.54) is 9.80 Å². The van der Waals surface area contributed by atoms with Gasteiger partial charge in [-0.25, -0.2) is 4.79 Å². The summed E-state index contributed by atoms with van der Waals surface area (Å²) in [6.45, 7) is -2.73. The van der Waals surface area contributed by atoms with E-state index < -0.39 is 31.6 Å². The van der Waals surface area contributed by atoms with Crippen molar-refractivity contribution in [3.8, 4) is 0 Å². The van der Waals surface area contributed by atoms with Gasteiger partial charge in [0.05, 0.1) is 13.2 Å². The number of halogens is 6. The molecule has 0 aliphatic carbocycles. The van der Waals surface area contributed by atoms with Gasteiger partial charge in [0.2, 0.25) is 0 Å². The van der Waals surface area contributed by atoms with Crippen LogP contribution in [0.1, 0.15) is 0 Å². The van der Waals surface area contributed by atoms with Crippen LogP contribution in [0.3, 0.4) is 0 Å². The van der Waals surface area contributed by atoms with E-state index in [-0.39, 0.29) is 39.4 Å². The summed E-state index contributed by atoms with van der Waals surface area (Å²) in [5.41, 5.74) is 0. The highest BCUT2D eigenvalue weighted by Crippen LogP contribution is 2.15. The van der Waals surface area contributed by atoms with Crippen molar-refractivity contribution >= 4 is 6.03 Å². The minimum Gasteiger partial charge on any atom is -0.370 e. The summed E-state index contributed by atoms with van der Waals surface area (Å²) in [5, 5.41) is 0. The maximum Gasteiger partial charge on any atom is 0.411 e. The molecule has 2 amide bonds. The standard InChI is InChI=1S/C11H16F6N2O3/c12-10(13,14)7-21-5-3-18-1-2-19(9(18)20)4-6-22-8-11(15,16)17/h1-8H2. The lowest BCUT2D eigenvalue weighted by Gasteiger charge is -2.19.